The van der Waals surface area contributed by atoms with E-state index in [1.165, 1.54) is 5.56 Å². The molecule has 3 rings (SSSR count). The first-order chi connectivity index (χ1) is 11.8. The van der Waals surface area contributed by atoms with Gasteiger partial charge in [0, 0.05) is 11.5 Å². The van der Waals surface area contributed by atoms with Crippen LogP contribution in [0.1, 0.15) is 35.1 Å². The van der Waals surface area contributed by atoms with E-state index in [0.29, 0.717) is 6.61 Å². The molecule has 0 aliphatic carbocycles. The molecule has 0 fully saturated rings. The second kappa shape index (κ2) is 7.80. The summed E-state index contributed by atoms with van der Waals surface area (Å²) >= 11 is 0. The van der Waals surface area contributed by atoms with E-state index in [0.717, 1.165) is 22.4 Å². The summed E-state index contributed by atoms with van der Waals surface area (Å²) in [6.07, 6.45) is 0. The van der Waals surface area contributed by atoms with Gasteiger partial charge in [-0.25, -0.2) is 0 Å². The van der Waals surface area contributed by atoms with Crippen molar-refractivity contribution in [3.05, 3.63) is 101 Å². The number of benzene rings is 3. The molecule has 0 unspecified atom stereocenters. The molecule has 0 bridgehead atoms. The molecule has 0 amide bonds. The maximum absolute atomic E-state index is 9.47. The van der Waals surface area contributed by atoms with Gasteiger partial charge in [0.25, 0.3) is 0 Å². The van der Waals surface area contributed by atoms with Crippen molar-refractivity contribution in [3.8, 4) is 5.75 Å². The van der Waals surface area contributed by atoms with Crippen molar-refractivity contribution < 1.29 is 9.84 Å². The van der Waals surface area contributed by atoms with Crippen LogP contribution < -0.4 is 4.74 Å². The maximum atomic E-state index is 9.47. The van der Waals surface area contributed by atoms with Crippen LogP contribution in [0.25, 0.3) is 0 Å². The van der Waals surface area contributed by atoms with E-state index in [1.807, 2.05) is 54.6 Å². The number of hydrogen-bond acceptors (Lipinski definition) is 2. The van der Waals surface area contributed by atoms with E-state index in [9.17, 15) is 5.11 Å². The third-order valence-electron chi connectivity index (χ3n) is 4.26. The largest absolute Gasteiger partial charge is 0.489 e. The van der Waals surface area contributed by atoms with Gasteiger partial charge in [-0.15, -0.1) is 0 Å². The molecule has 0 spiro atoms. The molecule has 0 aliphatic rings. The van der Waals surface area contributed by atoms with Crippen LogP contribution in [-0.4, -0.2) is 5.11 Å². The molecule has 1 atom stereocenters. The van der Waals surface area contributed by atoms with Crippen LogP contribution in [0.3, 0.4) is 0 Å². The van der Waals surface area contributed by atoms with Gasteiger partial charge in [0.05, 0.1) is 6.61 Å². The Bertz CT molecular complexity index is 766. The third kappa shape index (κ3) is 3.84. The lowest BCUT2D eigenvalue weighted by Gasteiger charge is -2.18. The monoisotopic (exact) mass is 318 g/mol. The first-order valence-corrected chi connectivity index (χ1v) is 8.23. The summed E-state index contributed by atoms with van der Waals surface area (Å²) in [7, 11) is 0. The summed E-state index contributed by atoms with van der Waals surface area (Å²) in [6.45, 7) is 2.74. The lowest BCUT2D eigenvalue weighted by atomic mass is 9.91. The number of hydrogen-bond donors (Lipinski definition) is 1. The van der Waals surface area contributed by atoms with Gasteiger partial charge in [-0.05, 0) is 28.8 Å². The summed E-state index contributed by atoms with van der Waals surface area (Å²) in [4.78, 5) is 0. The molecule has 0 aliphatic heterocycles. The van der Waals surface area contributed by atoms with Crippen LogP contribution >= 0.6 is 0 Å². The van der Waals surface area contributed by atoms with E-state index in [1.54, 1.807) is 0 Å². The Balaban J connectivity index is 1.88. The maximum Gasteiger partial charge on any atom is 0.123 e. The highest BCUT2D eigenvalue weighted by Gasteiger charge is 2.15. The van der Waals surface area contributed by atoms with Crippen LogP contribution in [0.2, 0.25) is 0 Å². The highest BCUT2D eigenvalue weighted by Crippen LogP contribution is 2.33. The number of ether oxygens (including phenoxy) is 1. The molecule has 3 aromatic rings. The molecule has 24 heavy (non-hydrogen) atoms. The predicted molar refractivity (Wildman–Crippen MR) is 97.1 cm³/mol. The Kier molecular flexibility index (Phi) is 5.29. The Hall–Kier alpha value is -2.58. The van der Waals surface area contributed by atoms with Crippen molar-refractivity contribution in [1.29, 1.82) is 0 Å². The van der Waals surface area contributed by atoms with Gasteiger partial charge in [0.1, 0.15) is 12.4 Å². The molecule has 0 aromatic heterocycles. The molecule has 0 saturated carbocycles. The smallest absolute Gasteiger partial charge is 0.123 e. The number of aliphatic hydroxyl groups is 1. The van der Waals surface area contributed by atoms with E-state index >= 15 is 0 Å². The van der Waals surface area contributed by atoms with Gasteiger partial charge in [0.15, 0.2) is 0 Å². The zero-order chi connectivity index (χ0) is 16.8. The fourth-order valence-electron chi connectivity index (χ4n) is 2.82. The molecule has 0 radical (unpaired) electrons. The zero-order valence-corrected chi connectivity index (χ0v) is 13.9. The van der Waals surface area contributed by atoms with Crippen molar-refractivity contribution >= 4 is 0 Å². The van der Waals surface area contributed by atoms with Gasteiger partial charge in [-0.2, -0.15) is 0 Å². The SMILES string of the molecule is C[C@H](c1ccccc1)c1cc(CO)ccc1OCc1ccccc1. The van der Waals surface area contributed by atoms with Gasteiger partial charge >= 0.3 is 0 Å². The minimum Gasteiger partial charge on any atom is -0.489 e. The lowest BCUT2D eigenvalue weighted by Crippen LogP contribution is -2.03. The van der Waals surface area contributed by atoms with Crippen molar-refractivity contribution in [2.45, 2.75) is 26.1 Å². The summed E-state index contributed by atoms with van der Waals surface area (Å²) in [5.74, 6) is 1.07. The number of aliphatic hydroxyl groups excluding tert-OH is 1. The van der Waals surface area contributed by atoms with E-state index < -0.39 is 0 Å². The average Bonchev–Trinajstić information content (AvgIpc) is 2.67. The average molecular weight is 318 g/mol. The molecule has 3 aromatic carbocycles. The van der Waals surface area contributed by atoms with Crippen LogP contribution in [0.15, 0.2) is 78.9 Å². The van der Waals surface area contributed by atoms with Crippen molar-refractivity contribution in [1.82, 2.24) is 0 Å². The molecule has 2 heteroatoms. The summed E-state index contributed by atoms with van der Waals surface area (Å²) < 4.78 is 6.08. The minimum atomic E-state index is 0.0352. The topological polar surface area (TPSA) is 29.5 Å². The van der Waals surface area contributed by atoms with Gasteiger partial charge in [-0.3, -0.25) is 0 Å². The fraction of sp³-hybridized carbons (Fsp3) is 0.182. The molecular weight excluding hydrogens is 296 g/mol. The molecule has 0 saturated heterocycles. The Morgan fingerprint density at radius 2 is 1.50 bits per heavy atom. The third-order valence-corrected chi connectivity index (χ3v) is 4.26. The normalized spacial score (nSPS) is 11.9. The highest BCUT2D eigenvalue weighted by atomic mass is 16.5. The first kappa shape index (κ1) is 16.3. The van der Waals surface area contributed by atoms with Crippen LogP contribution in [0.5, 0.6) is 5.75 Å². The zero-order valence-electron chi connectivity index (χ0n) is 13.9. The summed E-state index contributed by atoms with van der Waals surface area (Å²) in [5, 5.41) is 9.47. The molecule has 2 nitrogen and oxygen atoms in total. The van der Waals surface area contributed by atoms with Crippen molar-refractivity contribution in [3.63, 3.8) is 0 Å². The van der Waals surface area contributed by atoms with Gasteiger partial charge in [0.2, 0.25) is 0 Å². The van der Waals surface area contributed by atoms with Gasteiger partial charge in [-0.1, -0.05) is 73.7 Å². The van der Waals surface area contributed by atoms with Crippen molar-refractivity contribution in [2.24, 2.45) is 0 Å². The standard InChI is InChI=1S/C22H22O2/c1-17(20-10-6-3-7-11-20)21-14-19(15-23)12-13-22(21)24-16-18-8-4-2-5-9-18/h2-14,17,23H,15-16H2,1H3/t17-/m1/s1. The lowest BCUT2D eigenvalue weighted by molar-refractivity contribution is 0.280. The Morgan fingerprint density at radius 1 is 0.833 bits per heavy atom. The van der Waals surface area contributed by atoms with E-state index in [-0.39, 0.29) is 12.5 Å². The number of rotatable bonds is 6. The predicted octanol–water partition coefficient (Wildman–Crippen LogP) is 4.91. The van der Waals surface area contributed by atoms with Crippen LogP contribution in [0, 0.1) is 0 Å². The highest BCUT2D eigenvalue weighted by molar-refractivity contribution is 5.44. The summed E-state index contributed by atoms with van der Waals surface area (Å²) in [5.41, 5.74) is 4.38. The first-order valence-electron chi connectivity index (χ1n) is 8.23. The van der Waals surface area contributed by atoms with E-state index in [4.69, 9.17) is 4.74 Å². The quantitative estimate of drug-likeness (QED) is 0.700. The summed E-state index contributed by atoms with van der Waals surface area (Å²) in [6, 6.07) is 26.4. The minimum absolute atomic E-state index is 0.0352. The van der Waals surface area contributed by atoms with Crippen LogP contribution in [0.4, 0.5) is 0 Å². The fourth-order valence-corrected chi connectivity index (χ4v) is 2.82. The molecule has 0 heterocycles. The molecule has 1 N–H and O–H groups in total. The Morgan fingerprint density at radius 3 is 2.17 bits per heavy atom. The Labute approximate surface area is 143 Å². The molecule has 122 valence electrons. The van der Waals surface area contributed by atoms with Crippen molar-refractivity contribution in [2.75, 3.05) is 0 Å². The second-order valence-corrected chi connectivity index (χ2v) is 5.94. The van der Waals surface area contributed by atoms with Crippen LogP contribution in [-0.2, 0) is 13.2 Å². The van der Waals surface area contributed by atoms with E-state index in [2.05, 4.69) is 31.2 Å². The molecular formula is C22H22O2. The van der Waals surface area contributed by atoms with Gasteiger partial charge < -0.3 is 9.84 Å². The second-order valence-electron chi connectivity index (χ2n) is 5.94.